The number of allylic oxidation sites excluding steroid dienone is 2. The van der Waals surface area contributed by atoms with Gasteiger partial charge < -0.3 is 14.6 Å². The summed E-state index contributed by atoms with van der Waals surface area (Å²) in [4.78, 5) is 25.2. The van der Waals surface area contributed by atoms with Crippen LogP contribution in [0, 0.1) is 5.41 Å². The Morgan fingerprint density at radius 3 is 2.41 bits per heavy atom. The zero-order chi connectivity index (χ0) is 21.6. The molecule has 1 N–H and O–H groups in total. The van der Waals surface area contributed by atoms with Crippen molar-refractivity contribution in [1.29, 1.82) is 0 Å². The summed E-state index contributed by atoms with van der Waals surface area (Å²) in [5, 5.41) is 10.9. The molecule has 0 bridgehead atoms. The molecule has 0 fully saturated rings. The van der Waals surface area contributed by atoms with Crippen LogP contribution < -0.4 is 0 Å². The van der Waals surface area contributed by atoms with Crippen LogP contribution in [0.4, 0.5) is 13.2 Å². The molecule has 2 atom stereocenters. The summed E-state index contributed by atoms with van der Waals surface area (Å²) >= 11 is 0. The second-order valence-electron chi connectivity index (χ2n) is 8.26. The number of rotatable bonds is 3. The van der Waals surface area contributed by atoms with Crippen LogP contribution >= 0.6 is 0 Å². The van der Waals surface area contributed by atoms with E-state index in [9.17, 15) is 27.9 Å². The molecule has 0 amide bonds. The highest BCUT2D eigenvalue weighted by molar-refractivity contribution is 5.99. The number of Topliss-reactive ketones (excluding diaryl/α,β-unsaturated/α-hetero) is 1. The fourth-order valence-corrected chi connectivity index (χ4v) is 3.94. The number of halogens is 3. The van der Waals surface area contributed by atoms with E-state index in [1.807, 2.05) is 13.8 Å². The molecule has 1 aliphatic heterocycles. The molecule has 0 saturated carbocycles. The van der Waals surface area contributed by atoms with Crippen molar-refractivity contribution in [2.75, 3.05) is 6.61 Å². The monoisotopic (exact) mass is 412 g/mol. The standard InChI is InChI=1S/C21H23F3O5/c1-4-28-18(26)20(27)9-14(12-5-7-13(8-6-12)21(22,23)24)17-15(25)10-19(2,3)11-16(17)29-20/h5-8,14,27H,4,9-11H2,1-3H3/t14-,20?/m0/s1. The van der Waals surface area contributed by atoms with Crippen molar-refractivity contribution in [3.63, 3.8) is 0 Å². The Bertz CT molecular complexity index is 854. The average molecular weight is 412 g/mol. The van der Waals surface area contributed by atoms with Crippen molar-refractivity contribution >= 4 is 11.8 Å². The molecule has 8 heteroatoms. The van der Waals surface area contributed by atoms with Gasteiger partial charge in [0.25, 0.3) is 0 Å². The SMILES string of the molecule is CCOC(=O)C1(O)C[C@@H](c2ccc(C(F)(F)F)cc2)C2=C(CC(C)(C)CC2=O)O1. The molecule has 0 saturated heterocycles. The van der Waals surface area contributed by atoms with Gasteiger partial charge in [0.1, 0.15) is 5.76 Å². The van der Waals surface area contributed by atoms with Crippen LogP contribution in [0.15, 0.2) is 35.6 Å². The number of alkyl halides is 3. The first-order chi connectivity index (χ1) is 13.4. The molecule has 5 nitrogen and oxygen atoms in total. The zero-order valence-corrected chi connectivity index (χ0v) is 16.4. The molecule has 1 heterocycles. The summed E-state index contributed by atoms with van der Waals surface area (Å²) in [6, 6.07) is 4.38. The topological polar surface area (TPSA) is 72.8 Å². The van der Waals surface area contributed by atoms with Crippen LogP contribution in [0.1, 0.15) is 57.1 Å². The van der Waals surface area contributed by atoms with Gasteiger partial charge in [-0.05, 0) is 30.0 Å². The lowest BCUT2D eigenvalue weighted by atomic mass is 9.70. The number of benzene rings is 1. The van der Waals surface area contributed by atoms with Crippen LogP contribution in [0.5, 0.6) is 0 Å². The van der Waals surface area contributed by atoms with E-state index in [0.717, 1.165) is 12.1 Å². The van der Waals surface area contributed by atoms with E-state index in [0.29, 0.717) is 17.6 Å². The Labute approximate surface area is 166 Å². The number of carbonyl (C=O) groups excluding carboxylic acids is 2. The number of ketones is 1. The molecule has 1 unspecified atom stereocenters. The molecular weight excluding hydrogens is 389 g/mol. The maximum absolute atomic E-state index is 12.9. The van der Waals surface area contributed by atoms with Crippen LogP contribution in [-0.2, 0) is 25.2 Å². The predicted molar refractivity (Wildman–Crippen MR) is 96.5 cm³/mol. The smallest absolute Gasteiger partial charge is 0.416 e. The van der Waals surface area contributed by atoms with Crippen LogP contribution in [0.25, 0.3) is 0 Å². The fourth-order valence-electron chi connectivity index (χ4n) is 3.94. The number of ether oxygens (including phenoxy) is 2. The summed E-state index contributed by atoms with van der Waals surface area (Å²) in [6.45, 7) is 5.33. The van der Waals surface area contributed by atoms with Gasteiger partial charge >= 0.3 is 17.9 Å². The zero-order valence-electron chi connectivity index (χ0n) is 16.4. The molecule has 0 radical (unpaired) electrons. The van der Waals surface area contributed by atoms with Gasteiger partial charge in [-0.2, -0.15) is 13.2 Å². The molecule has 1 aromatic carbocycles. The largest absolute Gasteiger partial charge is 0.461 e. The van der Waals surface area contributed by atoms with Gasteiger partial charge in [0.2, 0.25) is 0 Å². The Kier molecular flexibility index (Phi) is 5.28. The highest BCUT2D eigenvalue weighted by Crippen LogP contribution is 2.49. The third-order valence-electron chi connectivity index (χ3n) is 5.24. The predicted octanol–water partition coefficient (Wildman–Crippen LogP) is 4.10. The molecule has 0 aromatic heterocycles. The van der Waals surface area contributed by atoms with Gasteiger partial charge in [-0.1, -0.05) is 26.0 Å². The summed E-state index contributed by atoms with van der Waals surface area (Å²) in [6.07, 6.45) is -4.26. The quantitative estimate of drug-likeness (QED) is 0.757. The third-order valence-corrected chi connectivity index (χ3v) is 5.24. The molecule has 29 heavy (non-hydrogen) atoms. The van der Waals surface area contributed by atoms with E-state index in [2.05, 4.69) is 0 Å². The highest BCUT2D eigenvalue weighted by atomic mass is 19.4. The van der Waals surface area contributed by atoms with E-state index in [1.165, 1.54) is 12.1 Å². The van der Waals surface area contributed by atoms with E-state index < -0.39 is 34.8 Å². The summed E-state index contributed by atoms with van der Waals surface area (Å²) < 4.78 is 49.2. The number of hydrogen-bond acceptors (Lipinski definition) is 5. The normalized spacial score (nSPS) is 26.6. The van der Waals surface area contributed by atoms with E-state index in [1.54, 1.807) is 6.92 Å². The number of carbonyl (C=O) groups is 2. The number of aliphatic hydroxyl groups is 1. The Morgan fingerprint density at radius 2 is 1.86 bits per heavy atom. The second-order valence-corrected chi connectivity index (χ2v) is 8.26. The van der Waals surface area contributed by atoms with Crippen molar-refractivity contribution in [2.45, 2.75) is 57.9 Å². The first kappa shape index (κ1) is 21.4. The van der Waals surface area contributed by atoms with E-state index in [4.69, 9.17) is 9.47 Å². The molecule has 3 rings (SSSR count). The van der Waals surface area contributed by atoms with Crippen molar-refractivity contribution in [2.24, 2.45) is 5.41 Å². The molecular formula is C21H23F3O5. The van der Waals surface area contributed by atoms with E-state index >= 15 is 0 Å². The van der Waals surface area contributed by atoms with Crippen LogP contribution in [0.2, 0.25) is 0 Å². The first-order valence-corrected chi connectivity index (χ1v) is 9.38. The van der Waals surface area contributed by atoms with Crippen LogP contribution in [-0.4, -0.2) is 29.3 Å². The van der Waals surface area contributed by atoms with Gasteiger partial charge in [-0.25, -0.2) is 4.79 Å². The third kappa shape index (κ3) is 4.17. The Morgan fingerprint density at radius 1 is 1.24 bits per heavy atom. The van der Waals surface area contributed by atoms with Crippen molar-refractivity contribution in [1.82, 2.24) is 0 Å². The molecule has 1 aromatic rings. The average Bonchev–Trinajstić information content (AvgIpc) is 2.59. The van der Waals surface area contributed by atoms with Crippen molar-refractivity contribution in [3.8, 4) is 0 Å². The first-order valence-electron chi connectivity index (χ1n) is 9.38. The minimum Gasteiger partial charge on any atom is -0.461 e. The molecule has 1 aliphatic carbocycles. The van der Waals surface area contributed by atoms with Gasteiger partial charge in [-0.3, -0.25) is 4.79 Å². The fraction of sp³-hybridized carbons (Fsp3) is 0.524. The maximum atomic E-state index is 12.9. The molecule has 2 aliphatic rings. The lowest BCUT2D eigenvalue weighted by Gasteiger charge is -2.42. The molecule has 0 spiro atoms. The summed E-state index contributed by atoms with van der Waals surface area (Å²) in [5.74, 6) is -4.08. The lowest BCUT2D eigenvalue weighted by molar-refractivity contribution is -0.225. The highest BCUT2D eigenvalue weighted by Gasteiger charge is 2.52. The second kappa shape index (κ2) is 7.16. The Hall–Kier alpha value is -2.35. The van der Waals surface area contributed by atoms with Gasteiger partial charge in [0.15, 0.2) is 5.78 Å². The van der Waals surface area contributed by atoms with Gasteiger partial charge in [-0.15, -0.1) is 0 Å². The van der Waals surface area contributed by atoms with Gasteiger partial charge in [0.05, 0.1) is 12.2 Å². The minimum absolute atomic E-state index is 0.0196. The van der Waals surface area contributed by atoms with E-state index in [-0.39, 0.29) is 31.0 Å². The summed E-state index contributed by atoms with van der Waals surface area (Å²) in [7, 11) is 0. The minimum atomic E-state index is -4.49. The maximum Gasteiger partial charge on any atom is 0.416 e. The number of esters is 1. The van der Waals surface area contributed by atoms with Crippen LogP contribution in [0.3, 0.4) is 0 Å². The van der Waals surface area contributed by atoms with Crippen molar-refractivity contribution in [3.05, 3.63) is 46.7 Å². The molecule has 158 valence electrons. The lowest BCUT2D eigenvalue weighted by Crippen LogP contribution is -2.49. The van der Waals surface area contributed by atoms with Crippen molar-refractivity contribution < 1.29 is 37.3 Å². The Balaban J connectivity index is 2.07. The van der Waals surface area contributed by atoms with Gasteiger partial charge in [0, 0.05) is 30.8 Å². The summed E-state index contributed by atoms with van der Waals surface area (Å²) in [5.41, 5.74) is -0.560. The number of hydrogen-bond donors (Lipinski definition) is 1.